The van der Waals surface area contributed by atoms with E-state index >= 15 is 0 Å². The molecule has 2 aliphatic heterocycles. The first-order chi connectivity index (χ1) is 19.7. The van der Waals surface area contributed by atoms with E-state index in [9.17, 15) is 25.0 Å². The summed E-state index contributed by atoms with van der Waals surface area (Å²) < 4.78 is 2.47. The quantitative estimate of drug-likeness (QED) is 0.161. The molecule has 5 rings (SSSR count). The Morgan fingerprint density at radius 1 is 1.10 bits per heavy atom. The van der Waals surface area contributed by atoms with E-state index in [1.165, 1.54) is 31.3 Å². The van der Waals surface area contributed by atoms with Gasteiger partial charge in [-0.1, -0.05) is 18.6 Å². The van der Waals surface area contributed by atoms with E-state index in [1.54, 1.807) is 11.8 Å². The number of rotatable bonds is 10. The molecule has 10 nitrogen and oxygen atoms in total. The van der Waals surface area contributed by atoms with Gasteiger partial charge in [-0.25, -0.2) is 4.58 Å². The lowest BCUT2D eigenvalue weighted by Crippen LogP contribution is -2.54. The molecule has 1 N–H and O–H groups in total. The topological polar surface area (TPSA) is 130 Å². The second kappa shape index (κ2) is 13.1. The smallest absolute Gasteiger partial charge is 0.303 e. The van der Waals surface area contributed by atoms with Crippen molar-refractivity contribution in [3.05, 3.63) is 55.1 Å². The third kappa shape index (κ3) is 6.54. The van der Waals surface area contributed by atoms with Crippen molar-refractivity contribution in [1.29, 1.82) is 0 Å². The summed E-state index contributed by atoms with van der Waals surface area (Å²) in [6.07, 6.45) is 20.9. The van der Waals surface area contributed by atoms with E-state index in [2.05, 4.69) is 47.0 Å². The molecule has 1 saturated heterocycles. The zero-order valence-electron chi connectivity index (χ0n) is 23.9. The van der Waals surface area contributed by atoms with Crippen molar-refractivity contribution in [2.75, 3.05) is 13.6 Å². The Labute approximate surface area is 245 Å². The lowest BCUT2D eigenvalue weighted by atomic mass is 9.65. The van der Waals surface area contributed by atoms with Crippen LogP contribution in [-0.4, -0.2) is 79.6 Å². The zero-order chi connectivity index (χ0) is 29.1. The molecule has 0 bridgehead atoms. The summed E-state index contributed by atoms with van der Waals surface area (Å²) in [6, 6.07) is -0.885. The molecular weight excluding hydrogens is 544 g/mol. The van der Waals surface area contributed by atoms with Crippen molar-refractivity contribution in [1.82, 2.24) is 4.90 Å². The zero-order valence-corrected chi connectivity index (χ0v) is 24.7. The highest BCUT2D eigenvalue weighted by molar-refractivity contribution is 8.03. The molecule has 8 unspecified atom stereocenters. The van der Waals surface area contributed by atoms with Gasteiger partial charge in [-0.2, -0.15) is 0 Å². The van der Waals surface area contributed by atoms with Gasteiger partial charge in [0.05, 0.1) is 11.4 Å². The fraction of sp³-hybridized carbons (Fsp3) is 0.733. The summed E-state index contributed by atoms with van der Waals surface area (Å²) in [5, 5.41) is 33.6. The third-order valence-corrected chi connectivity index (χ3v) is 11.8. The van der Waals surface area contributed by atoms with Gasteiger partial charge in [-0.3, -0.25) is 25.0 Å². The molecule has 11 heteroatoms. The summed E-state index contributed by atoms with van der Waals surface area (Å²) in [5.41, 5.74) is 1.35. The minimum absolute atomic E-state index is 0.00982. The van der Waals surface area contributed by atoms with Crippen molar-refractivity contribution in [2.45, 2.75) is 106 Å². The Balaban J connectivity index is 1.26. The fourth-order valence-corrected chi connectivity index (χ4v) is 9.88. The van der Waals surface area contributed by atoms with Crippen LogP contribution in [0.2, 0.25) is 0 Å². The van der Waals surface area contributed by atoms with Crippen LogP contribution in [0.5, 0.6) is 0 Å². The van der Waals surface area contributed by atoms with Crippen LogP contribution in [0.25, 0.3) is 0 Å². The van der Waals surface area contributed by atoms with Crippen molar-refractivity contribution in [3.63, 3.8) is 0 Å². The van der Waals surface area contributed by atoms with Gasteiger partial charge in [-0.05, 0) is 56.1 Å². The normalized spacial score (nSPS) is 35.8. The molecule has 2 heterocycles. The predicted octanol–water partition coefficient (Wildman–Crippen LogP) is 5.14. The van der Waals surface area contributed by atoms with Crippen molar-refractivity contribution < 1.29 is 24.3 Å². The summed E-state index contributed by atoms with van der Waals surface area (Å²) >= 11 is 1.76. The molecule has 8 atom stereocenters. The van der Waals surface area contributed by atoms with Gasteiger partial charge in [0, 0.05) is 71.8 Å². The van der Waals surface area contributed by atoms with Crippen LogP contribution in [0, 0.1) is 38.0 Å². The number of allylic oxidation sites excluding steroid dienone is 4. The Morgan fingerprint density at radius 2 is 1.90 bits per heavy atom. The van der Waals surface area contributed by atoms with Gasteiger partial charge in [0.25, 0.3) is 0 Å². The maximum absolute atomic E-state index is 11.8. The van der Waals surface area contributed by atoms with Crippen LogP contribution in [0.4, 0.5) is 0 Å². The monoisotopic (exact) mass is 587 g/mol. The Hall–Kier alpha value is -2.69. The molecular formula is C30H43N4O6S+. The Morgan fingerprint density at radius 3 is 2.66 bits per heavy atom. The highest BCUT2D eigenvalue weighted by Gasteiger charge is 2.56. The van der Waals surface area contributed by atoms with Gasteiger partial charge in [0.15, 0.2) is 12.3 Å². The van der Waals surface area contributed by atoms with Crippen LogP contribution >= 0.6 is 11.8 Å². The highest BCUT2D eigenvalue weighted by atomic mass is 32.2. The molecule has 0 aromatic heterocycles. The summed E-state index contributed by atoms with van der Waals surface area (Å²) in [4.78, 5) is 36.0. The number of fused-ring (bicyclic) bond motifs is 4. The largest absolute Gasteiger partial charge is 0.481 e. The molecule has 0 amide bonds. The van der Waals surface area contributed by atoms with Crippen LogP contribution in [0.15, 0.2) is 34.9 Å². The van der Waals surface area contributed by atoms with Crippen LogP contribution in [0.1, 0.15) is 77.0 Å². The SMILES string of the molecule is CN1C(=CC=CC2=CC=[N+](CCCCCC(=O)O)C3CCCCC23)SC2C3CC([N+](=O)[O-])CC([N+](=O)[O-])C3CCC21. The van der Waals surface area contributed by atoms with Crippen molar-refractivity contribution in [2.24, 2.45) is 17.8 Å². The number of aliphatic carboxylic acids is 1. The van der Waals surface area contributed by atoms with Gasteiger partial charge < -0.3 is 10.0 Å². The van der Waals surface area contributed by atoms with E-state index in [1.807, 2.05) is 0 Å². The number of nitro groups is 2. The summed E-state index contributed by atoms with van der Waals surface area (Å²) in [6.45, 7) is 0.972. The average Bonchev–Trinajstić information content (AvgIpc) is 3.28. The molecule has 4 fully saturated rings. The molecule has 224 valence electrons. The average molecular weight is 588 g/mol. The molecule has 5 aliphatic rings. The minimum Gasteiger partial charge on any atom is -0.481 e. The molecule has 0 radical (unpaired) electrons. The van der Waals surface area contributed by atoms with E-state index in [-0.39, 0.29) is 45.8 Å². The molecule has 3 saturated carbocycles. The molecule has 41 heavy (non-hydrogen) atoms. The number of thioether (sulfide) groups is 1. The van der Waals surface area contributed by atoms with Gasteiger partial charge in [-0.15, -0.1) is 11.8 Å². The first-order valence-corrected chi connectivity index (χ1v) is 16.2. The molecule has 0 spiro atoms. The lowest BCUT2D eigenvalue weighted by Gasteiger charge is -2.44. The summed E-state index contributed by atoms with van der Waals surface area (Å²) in [5.74, 6) is -0.309. The van der Waals surface area contributed by atoms with E-state index in [4.69, 9.17) is 5.11 Å². The molecule has 0 aromatic rings. The van der Waals surface area contributed by atoms with Crippen molar-refractivity contribution >= 4 is 23.9 Å². The second-order valence-corrected chi connectivity index (χ2v) is 13.7. The van der Waals surface area contributed by atoms with Crippen LogP contribution < -0.4 is 0 Å². The number of unbranched alkanes of at least 4 members (excludes halogenated alkanes) is 2. The second-order valence-electron chi connectivity index (χ2n) is 12.5. The number of carboxylic acids is 1. The lowest BCUT2D eigenvalue weighted by molar-refractivity contribution is -0.578. The van der Waals surface area contributed by atoms with Crippen molar-refractivity contribution in [3.8, 4) is 0 Å². The van der Waals surface area contributed by atoms with E-state index < -0.39 is 18.1 Å². The van der Waals surface area contributed by atoms with Crippen LogP contribution in [0.3, 0.4) is 0 Å². The maximum atomic E-state index is 11.8. The highest BCUT2D eigenvalue weighted by Crippen LogP contribution is 2.53. The fourth-order valence-electron chi connectivity index (χ4n) is 8.18. The molecule has 0 aromatic carbocycles. The number of carboxylic acid groups (broad SMARTS) is 1. The van der Waals surface area contributed by atoms with Gasteiger partial charge >= 0.3 is 5.97 Å². The maximum Gasteiger partial charge on any atom is 0.303 e. The number of hydrogen-bond acceptors (Lipinski definition) is 7. The van der Waals surface area contributed by atoms with Gasteiger partial charge in [0.2, 0.25) is 12.1 Å². The first-order valence-electron chi connectivity index (χ1n) is 15.3. The van der Waals surface area contributed by atoms with E-state index in [0.717, 1.165) is 43.7 Å². The standard InChI is InChI=1S/C30H42N4O6S/c1-31-26-14-13-23-24(18-21(33(37)38)19-27(23)34(39)40)30(26)41-28(31)11-7-8-20-15-17-32(16-6-2-3-12-29(35)36)25-10-5-4-9-22(20)25/h7-8,11,15,17,21-27,30H,2-6,9-10,12-14,16,18-19H2,1H3/p+1. The number of carbonyl (C=O) groups is 1. The number of nitrogens with zero attached hydrogens (tertiary/aromatic N) is 4. The van der Waals surface area contributed by atoms with E-state index in [0.29, 0.717) is 18.4 Å². The number of hydrogen-bond donors (Lipinski definition) is 1. The molecule has 3 aliphatic carbocycles. The Kier molecular flexibility index (Phi) is 9.51. The van der Waals surface area contributed by atoms with Gasteiger partial charge in [0.1, 0.15) is 6.54 Å². The third-order valence-electron chi connectivity index (χ3n) is 10.2. The first kappa shape index (κ1) is 29.8. The minimum atomic E-state index is -0.827. The predicted molar refractivity (Wildman–Crippen MR) is 158 cm³/mol. The summed E-state index contributed by atoms with van der Waals surface area (Å²) in [7, 11) is 2.09. The van der Waals surface area contributed by atoms with Crippen LogP contribution in [-0.2, 0) is 4.79 Å². The Bertz CT molecular complexity index is 1150.